The maximum Gasteiger partial charge on any atom is 0.243 e. The van der Waals surface area contributed by atoms with Crippen LogP contribution in [0.5, 0.6) is 0 Å². The van der Waals surface area contributed by atoms with Crippen molar-refractivity contribution in [3.05, 3.63) is 29.6 Å². The van der Waals surface area contributed by atoms with Gasteiger partial charge in [-0.15, -0.1) is 0 Å². The third-order valence-electron chi connectivity index (χ3n) is 4.52. The maximum atomic E-state index is 14.3. The Kier molecular flexibility index (Phi) is 5.52. The molecular formula is C16H21FN6O4S. The molecule has 0 aliphatic carbocycles. The molecule has 4 N–H and O–H groups in total. The highest BCUT2D eigenvalue weighted by molar-refractivity contribution is 7.89. The highest BCUT2D eigenvalue weighted by Crippen LogP contribution is 2.29. The van der Waals surface area contributed by atoms with Gasteiger partial charge in [0.2, 0.25) is 21.9 Å². The lowest BCUT2D eigenvalue weighted by atomic mass is 10.1. The zero-order chi connectivity index (χ0) is 20.5. The van der Waals surface area contributed by atoms with Crippen LogP contribution in [0.4, 0.5) is 10.1 Å². The van der Waals surface area contributed by atoms with E-state index in [2.05, 4.69) is 20.6 Å². The van der Waals surface area contributed by atoms with Gasteiger partial charge in [0.1, 0.15) is 11.9 Å². The van der Waals surface area contributed by atoms with Crippen LogP contribution in [0.25, 0.3) is 0 Å². The van der Waals surface area contributed by atoms with E-state index < -0.39 is 33.7 Å². The minimum absolute atomic E-state index is 0.0359. The quantitative estimate of drug-likeness (QED) is 0.607. The van der Waals surface area contributed by atoms with Crippen LogP contribution in [0.1, 0.15) is 11.6 Å². The van der Waals surface area contributed by atoms with Crippen molar-refractivity contribution in [2.75, 3.05) is 38.3 Å². The normalized spacial score (nSPS) is 24.2. The zero-order valence-electron chi connectivity index (χ0n) is 15.3. The molecule has 152 valence electrons. The van der Waals surface area contributed by atoms with E-state index in [4.69, 9.17) is 10.5 Å². The van der Waals surface area contributed by atoms with Crippen molar-refractivity contribution >= 4 is 33.5 Å². The van der Waals surface area contributed by atoms with Crippen LogP contribution in [0.2, 0.25) is 0 Å². The molecule has 0 saturated heterocycles. The number of methoxy groups -OCH3 is 1. The number of amides is 1. The number of guanidine groups is 1. The van der Waals surface area contributed by atoms with Crippen molar-refractivity contribution in [3.8, 4) is 0 Å². The van der Waals surface area contributed by atoms with Crippen LogP contribution in [-0.2, 0) is 19.6 Å². The first-order valence-electron chi connectivity index (χ1n) is 8.42. The number of halogens is 1. The molecular weight excluding hydrogens is 391 g/mol. The highest BCUT2D eigenvalue weighted by atomic mass is 32.2. The Morgan fingerprint density at radius 2 is 2.21 bits per heavy atom. The Morgan fingerprint density at radius 1 is 1.46 bits per heavy atom. The van der Waals surface area contributed by atoms with Crippen LogP contribution >= 0.6 is 0 Å². The minimum atomic E-state index is -3.70. The van der Waals surface area contributed by atoms with Crippen LogP contribution in [0.3, 0.4) is 0 Å². The molecule has 12 heteroatoms. The molecule has 1 aromatic carbocycles. The second-order valence-electron chi connectivity index (χ2n) is 6.35. The number of carbonyl (C=O) groups excluding carboxylic acids is 1. The van der Waals surface area contributed by atoms with Gasteiger partial charge < -0.3 is 15.8 Å². The van der Waals surface area contributed by atoms with Crippen LogP contribution < -0.4 is 16.4 Å². The Hall–Kier alpha value is -2.73. The zero-order valence-corrected chi connectivity index (χ0v) is 16.2. The van der Waals surface area contributed by atoms with Gasteiger partial charge in [-0.2, -0.15) is 0 Å². The van der Waals surface area contributed by atoms with Gasteiger partial charge in [-0.25, -0.2) is 22.1 Å². The smallest absolute Gasteiger partial charge is 0.243 e. The molecule has 10 nitrogen and oxygen atoms in total. The first-order valence-corrected chi connectivity index (χ1v) is 10.0. The number of aliphatic imine (C=N–C) groups is 2. The van der Waals surface area contributed by atoms with Gasteiger partial charge in [0.25, 0.3) is 0 Å². The average Bonchev–Trinajstić information content (AvgIpc) is 2.67. The van der Waals surface area contributed by atoms with Crippen molar-refractivity contribution < 1.29 is 22.3 Å². The average molecular weight is 412 g/mol. The largest absolute Gasteiger partial charge is 0.483 e. The van der Waals surface area contributed by atoms with Crippen LogP contribution in [0, 0.1) is 5.82 Å². The van der Waals surface area contributed by atoms with Crippen molar-refractivity contribution in [1.82, 2.24) is 9.62 Å². The van der Waals surface area contributed by atoms with Crippen molar-refractivity contribution in [1.29, 1.82) is 0 Å². The second kappa shape index (κ2) is 7.72. The molecule has 2 atom stereocenters. The lowest BCUT2D eigenvalue weighted by molar-refractivity contribution is -0.117. The second-order valence-corrected chi connectivity index (χ2v) is 8.39. The predicted molar refractivity (Wildman–Crippen MR) is 102 cm³/mol. The summed E-state index contributed by atoms with van der Waals surface area (Å²) >= 11 is 0. The van der Waals surface area contributed by atoms with E-state index >= 15 is 0 Å². The van der Waals surface area contributed by atoms with Crippen LogP contribution in [0.15, 0.2) is 28.2 Å². The molecule has 0 radical (unpaired) electrons. The fraction of sp³-hybridized carbons (Fsp3) is 0.438. The monoisotopic (exact) mass is 412 g/mol. The molecule has 2 aliphatic rings. The van der Waals surface area contributed by atoms with Crippen molar-refractivity contribution in [2.45, 2.75) is 12.1 Å². The molecule has 0 aromatic heterocycles. The SMILES string of the molecule is COC1=NCC(C(=O)Nc2ccc(F)c(C3CS(=O)(=O)N(C)C(N)=N3)c2)NC1. The molecule has 0 spiro atoms. The molecule has 0 fully saturated rings. The van der Waals surface area contributed by atoms with E-state index in [9.17, 15) is 17.6 Å². The van der Waals surface area contributed by atoms with Crippen LogP contribution in [-0.4, -0.2) is 69.5 Å². The molecule has 0 saturated carbocycles. The summed E-state index contributed by atoms with van der Waals surface area (Å²) in [5.41, 5.74) is 5.99. The van der Waals surface area contributed by atoms with E-state index in [1.807, 2.05) is 0 Å². The summed E-state index contributed by atoms with van der Waals surface area (Å²) in [4.78, 5) is 20.6. The van der Waals surface area contributed by atoms with E-state index in [0.29, 0.717) is 18.1 Å². The summed E-state index contributed by atoms with van der Waals surface area (Å²) < 4.78 is 44.5. The van der Waals surface area contributed by atoms with Gasteiger partial charge in [-0.05, 0) is 18.2 Å². The van der Waals surface area contributed by atoms with E-state index in [0.717, 1.165) is 10.4 Å². The van der Waals surface area contributed by atoms with Gasteiger partial charge in [0, 0.05) is 18.3 Å². The van der Waals surface area contributed by atoms with Crippen molar-refractivity contribution in [3.63, 3.8) is 0 Å². The summed E-state index contributed by atoms with van der Waals surface area (Å²) in [5, 5.41) is 5.66. The topological polar surface area (TPSA) is 138 Å². The fourth-order valence-corrected chi connectivity index (χ4v) is 4.04. The fourth-order valence-electron chi connectivity index (χ4n) is 2.83. The Balaban J connectivity index is 1.79. The number of ether oxygens (including phenoxy) is 1. The molecule has 1 amide bonds. The summed E-state index contributed by atoms with van der Waals surface area (Å²) in [6, 6.07) is 2.34. The predicted octanol–water partition coefficient (Wildman–Crippen LogP) is -0.588. The van der Waals surface area contributed by atoms with Crippen molar-refractivity contribution in [2.24, 2.45) is 15.7 Å². The summed E-state index contributed by atoms with van der Waals surface area (Å²) in [5.74, 6) is -1.12. The molecule has 1 aromatic rings. The van der Waals surface area contributed by atoms with Gasteiger partial charge in [-0.1, -0.05) is 0 Å². The number of hydrogen-bond donors (Lipinski definition) is 3. The first kappa shape index (κ1) is 20.0. The number of carbonyl (C=O) groups is 1. The summed E-state index contributed by atoms with van der Waals surface area (Å²) in [7, 11) is -0.915. The molecule has 28 heavy (non-hydrogen) atoms. The number of rotatable bonds is 3. The Morgan fingerprint density at radius 3 is 2.82 bits per heavy atom. The maximum absolute atomic E-state index is 14.3. The summed E-state index contributed by atoms with van der Waals surface area (Å²) in [6.45, 7) is 0.530. The number of nitrogens with zero attached hydrogens (tertiary/aromatic N) is 3. The van der Waals surface area contributed by atoms with Gasteiger partial charge in [-0.3, -0.25) is 15.1 Å². The number of benzene rings is 1. The number of anilines is 1. The van der Waals surface area contributed by atoms with E-state index in [1.165, 1.54) is 26.3 Å². The van der Waals surface area contributed by atoms with Gasteiger partial charge in [0.15, 0.2) is 5.90 Å². The lowest BCUT2D eigenvalue weighted by Gasteiger charge is -2.27. The Bertz CT molecular complexity index is 948. The van der Waals surface area contributed by atoms with E-state index in [1.54, 1.807) is 0 Å². The van der Waals surface area contributed by atoms with E-state index in [-0.39, 0.29) is 24.0 Å². The summed E-state index contributed by atoms with van der Waals surface area (Å²) in [6.07, 6.45) is 0. The number of nitrogens with two attached hydrogens (primary N) is 1. The van der Waals surface area contributed by atoms with Gasteiger partial charge >= 0.3 is 0 Å². The van der Waals surface area contributed by atoms with Gasteiger partial charge in [0.05, 0.1) is 32.0 Å². The standard InChI is InChI=1S/C16H21FN6O4S/c1-23-16(18)22-13(8-28(23,25)26)10-5-9(3-4-11(10)17)21-15(24)12-6-20-14(27-2)7-19-12/h3-5,12-13,19H,6-8H2,1-2H3,(H2,18,22)(H,21,24). The number of nitrogens with one attached hydrogen (secondary N) is 2. The number of sulfonamides is 1. The first-order chi connectivity index (χ1) is 13.2. The third-order valence-corrected chi connectivity index (χ3v) is 6.28. The number of hydrogen-bond acceptors (Lipinski definition) is 8. The molecule has 2 aliphatic heterocycles. The molecule has 3 rings (SSSR count). The minimum Gasteiger partial charge on any atom is -0.483 e. The molecule has 2 heterocycles. The lowest BCUT2D eigenvalue weighted by Crippen LogP contribution is -2.48. The third kappa shape index (κ3) is 4.07. The Labute approximate surface area is 161 Å². The molecule has 0 bridgehead atoms. The highest BCUT2D eigenvalue weighted by Gasteiger charge is 2.33. The molecule has 2 unspecified atom stereocenters.